The first kappa shape index (κ1) is 19.8. The van der Waals surface area contributed by atoms with E-state index in [1.54, 1.807) is 13.3 Å². The first-order chi connectivity index (χ1) is 10.5. The summed E-state index contributed by atoms with van der Waals surface area (Å²) >= 11 is 1.54. The van der Waals surface area contributed by atoms with Crippen LogP contribution >= 0.6 is 23.7 Å². The van der Waals surface area contributed by atoms with E-state index in [1.165, 1.54) is 11.3 Å². The molecule has 1 saturated heterocycles. The summed E-state index contributed by atoms with van der Waals surface area (Å²) in [7, 11) is 3.85. The number of thiazole rings is 1. The Labute approximate surface area is 147 Å². The molecule has 0 bridgehead atoms. The van der Waals surface area contributed by atoms with E-state index >= 15 is 0 Å². The van der Waals surface area contributed by atoms with Crippen LogP contribution in [-0.4, -0.2) is 83.4 Å². The number of halogens is 1. The van der Waals surface area contributed by atoms with Crippen molar-refractivity contribution in [2.24, 2.45) is 4.99 Å². The van der Waals surface area contributed by atoms with Crippen molar-refractivity contribution in [3.8, 4) is 0 Å². The summed E-state index contributed by atoms with van der Waals surface area (Å²) in [6.45, 7) is 5.83. The molecule has 0 aliphatic carbocycles. The van der Waals surface area contributed by atoms with Gasteiger partial charge >= 0.3 is 5.97 Å². The third-order valence-electron chi connectivity index (χ3n) is 3.64. The van der Waals surface area contributed by atoms with Gasteiger partial charge in [-0.2, -0.15) is 0 Å². The lowest BCUT2D eigenvalue weighted by Crippen LogP contribution is -2.51. The molecule has 9 heteroatoms. The first-order valence-electron chi connectivity index (χ1n) is 7.30. The van der Waals surface area contributed by atoms with Crippen LogP contribution in [0, 0.1) is 0 Å². The number of carbonyl (C=O) groups is 1. The van der Waals surface area contributed by atoms with Gasteiger partial charge in [0.2, 0.25) is 5.13 Å². The molecule has 2 rings (SSSR count). The van der Waals surface area contributed by atoms with Gasteiger partial charge in [0.15, 0.2) is 0 Å². The molecule has 2 heterocycles. The smallest absolute Gasteiger partial charge is 0.320 e. The zero-order valence-corrected chi connectivity index (χ0v) is 15.3. The van der Waals surface area contributed by atoms with Crippen molar-refractivity contribution in [3.63, 3.8) is 0 Å². The minimum atomic E-state index is -0.753. The molecule has 1 aromatic heterocycles. The number of piperazine rings is 1. The second kappa shape index (κ2) is 9.17. The quantitative estimate of drug-likeness (QED) is 0.609. The predicted molar refractivity (Wildman–Crippen MR) is 95.1 cm³/mol. The molecule has 1 fully saturated rings. The van der Waals surface area contributed by atoms with E-state index in [0.29, 0.717) is 0 Å². The Kier molecular flexibility index (Phi) is 7.90. The number of hydrogen-bond donors (Lipinski definition) is 1. The average molecular weight is 362 g/mol. The predicted octanol–water partition coefficient (Wildman–Crippen LogP) is 1.38. The third kappa shape index (κ3) is 6.06. The maximum Gasteiger partial charge on any atom is 0.320 e. The van der Waals surface area contributed by atoms with Crippen molar-refractivity contribution in [3.05, 3.63) is 11.1 Å². The molecule has 0 spiro atoms. The van der Waals surface area contributed by atoms with Crippen LogP contribution in [0.15, 0.2) is 10.4 Å². The number of aromatic nitrogens is 1. The lowest BCUT2D eigenvalue weighted by molar-refractivity contribution is -0.143. The molecular weight excluding hydrogens is 338 g/mol. The Morgan fingerprint density at radius 2 is 2.13 bits per heavy atom. The molecule has 1 unspecified atom stereocenters. The fourth-order valence-corrected chi connectivity index (χ4v) is 2.93. The van der Waals surface area contributed by atoms with E-state index in [4.69, 9.17) is 5.11 Å². The van der Waals surface area contributed by atoms with Gasteiger partial charge in [0.1, 0.15) is 6.04 Å². The SMILES string of the molecule is CC(C(=O)O)N1CCN(Cc2csc(/N=C/N(C)C)n2)CC1.Cl. The zero-order valence-electron chi connectivity index (χ0n) is 13.7. The van der Waals surface area contributed by atoms with E-state index in [0.717, 1.165) is 43.5 Å². The third-order valence-corrected chi connectivity index (χ3v) is 4.43. The molecule has 1 aliphatic heterocycles. The number of hydrogen-bond acceptors (Lipinski definition) is 6. The molecular formula is C14H24ClN5O2S. The van der Waals surface area contributed by atoms with Gasteiger partial charge in [-0.15, -0.1) is 23.7 Å². The molecule has 130 valence electrons. The number of carboxylic acid groups (broad SMARTS) is 1. The Morgan fingerprint density at radius 3 is 2.70 bits per heavy atom. The summed E-state index contributed by atoms with van der Waals surface area (Å²) in [5, 5.41) is 11.8. The maximum absolute atomic E-state index is 11.0. The molecule has 7 nitrogen and oxygen atoms in total. The Balaban J connectivity index is 0.00000264. The van der Waals surface area contributed by atoms with E-state index in [9.17, 15) is 4.79 Å². The highest BCUT2D eigenvalue weighted by molar-refractivity contribution is 7.13. The van der Waals surface area contributed by atoms with Crippen LogP contribution in [0.3, 0.4) is 0 Å². The van der Waals surface area contributed by atoms with Crippen LogP contribution in [0.5, 0.6) is 0 Å². The van der Waals surface area contributed by atoms with Crippen LogP contribution < -0.4 is 0 Å². The van der Waals surface area contributed by atoms with E-state index in [2.05, 4.69) is 14.9 Å². The molecule has 0 aromatic carbocycles. The highest BCUT2D eigenvalue weighted by Crippen LogP contribution is 2.20. The van der Waals surface area contributed by atoms with Gasteiger partial charge in [-0.05, 0) is 6.92 Å². The molecule has 0 saturated carbocycles. The fourth-order valence-electron chi connectivity index (χ4n) is 2.29. The van der Waals surface area contributed by atoms with Gasteiger partial charge in [0, 0.05) is 52.2 Å². The highest BCUT2D eigenvalue weighted by Gasteiger charge is 2.25. The topological polar surface area (TPSA) is 72.3 Å². The monoisotopic (exact) mass is 361 g/mol. The maximum atomic E-state index is 11.0. The van der Waals surface area contributed by atoms with Crippen molar-refractivity contribution in [1.82, 2.24) is 19.7 Å². The van der Waals surface area contributed by atoms with Gasteiger partial charge in [-0.1, -0.05) is 0 Å². The summed E-state index contributed by atoms with van der Waals surface area (Å²) in [6, 6.07) is -0.409. The van der Waals surface area contributed by atoms with Crippen LogP contribution in [0.2, 0.25) is 0 Å². The number of aliphatic imine (C=N–C) groups is 1. The van der Waals surface area contributed by atoms with Crippen molar-refractivity contribution in [2.45, 2.75) is 19.5 Å². The Bertz CT molecular complexity index is 529. The minimum absolute atomic E-state index is 0. The first-order valence-corrected chi connectivity index (χ1v) is 8.18. The van der Waals surface area contributed by atoms with Crippen molar-refractivity contribution >= 4 is 41.2 Å². The molecule has 23 heavy (non-hydrogen) atoms. The fraction of sp³-hybridized carbons (Fsp3) is 0.643. The van der Waals surface area contributed by atoms with Gasteiger partial charge in [-0.3, -0.25) is 14.6 Å². The molecule has 0 radical (unpaired) electrons. The molecule has 1 N–H and O–H groups in total. The summed E-state index contributed by atoms with van der Waals surface area (Å²) < 4.78 is 0. The number of aliphatic carboxylic acids is 1. The average Bonchev–Trinajstić information content (AvgIpc) is 2.92. The summed E-state index contributed by atoms with van der Waals surface area (Å²) in [6.07, 6.45) is 1.74. The lowest BCUT2D eigenvalue weighted by atomic mass is 10.2. The van der Waals surface area contributed by atoms with E-state index in [1.807, 2.05) is 29.3 Å². The highest BCUT2D eigenvalue weighted by atomic mass is 35.5. The standard InChI is InChI=1S/C14H23N5O2S.ClH/c1-11(13(20)21)19-6-4-18(5-7-19)8-12-9-22-14(16-12)15-10-17(2)3;/h9-11H,4-8H2,1-3H3,(H,20,21);1H/b15-10+;. The van der Waals surface area contributed by atoms with Crippen LogP contribution in [-0.2, 0) is 11.3 Å². The van der Waals surface area contributed by atoms with Crippen molar-refractivity contribution in [2.75, 3.05) is 40.3 Å². The summed E-state index contributed by atoms with van der Waals surface area (Å²) in [4.78, 5) is 26.0. The largest absolute Gasteiger partial charge is 0.480 e. The van der Waals surface area contributed by atoms with Gasteiger partial charge in [-0.25, -0.2) is 9.98 Å². The van der Waals surface area contributed by atoms with Crippen molar-refractivity contribution in [1.29, 1.82) is 0 Å². The second-order valence-corrected chi connectivity index (χ2v) is 6.49. The second-order valence-electron chi connectivity index (χ2n) is 5.66. The summed E-state index contributed by atoms with van der Waals surface area (Å²) in [5.41, 5.74) is 1.02. The number of rotatable bonds is 6. The van der Waals surface area contributed by atoms with Crippen LogP contribution in [0.1, 0.15) is 12.6 Å². The normalized spacial score (nSPS) is 17.9. The van der Waals surface area contributed by atoms with Crippen LogP contribution in [0.4, 0.5) is 5.13 Å². The number of nitrogens with zero attached hydrogens (tertiary/aromatic N) is 5. The minimum Gasteiger partial charge on any atom is -0.480 e. The van der Waals surface area contributed by atoms with E-state index in [-0.39, 0.29) is 12.4 Å². The molecule has 0 amide bonds. The Morgan fingerprint density at radius 1 is 1.48 bits per heavy atom. The van der Waals surface area contributed by atoms with Gasteiger partial charge in [0.05, 0.1) is 12.0 Å². The van der Waals surface area contributed by atoms with E-state index < -0.39 is 12.0 Å². The molecule has 1 atom stereocenters. The van der Waals surface area contributed by atoms with Crippen LogP contribution in [0.25, 0.3) is 0 Å². The lowest BCUT2D eigenvalue weighted by Gasteiger charge is -2.36. The molecule has 1 aromatic rings. The number of carboxylic acids is 1. The zero-order chi connectivity index (χ0) is 16.1. The van der Waals surface area contributed by atoms with Crippen molar-refractivity contribution < 1.29 is 9.90 Å². The Hall–Kier alpha value is -1.22. The molecule has 1 aliphatic rings. The van der Waals surface area contributed by atoms with Gasteiger partial charge in [0.25, 0.3) is 0 Å². The summed E-state index contributed by atoms with van der Waals surface area (Å²) in [5.74, 6) is -0.753. The van der Waals surface area contributed by atoms with Gasteiger partial charge < -0.3 is 10.0 Å².